The van der Waals surface area contributed by atoms with Crippen LogP contribution in [-0.4, -0.2) is 20.2 Å². The summed E-state index contributed by atoms with van der Waals surface area (Å²) in [4.78, 5) is 10.8. The molecule has 0 N–H and O–H groups in total. The number of halogens is 2. The minimum atomic E-state index is -0.808. The van der Waals surface area contributed by atoms with E-state index in [9.17, 15) is 13.6 Å². The van der Waals surface area contributed by atoms with Crippen molar-refractivity contribution >= 4 is 12.0 Å². The summed E-state index contributed by atoms with van der Waals surface area (Å²) in [5.74, 6) is -2.23. The number of hydrogen-bond donors (Lipinski definition) is 0. The Morgan fingerprint density at radius 3 is 2.25 bits per heavy atom. The van der Waals surface area contributed by atoms with Gasteiger partial charge in [0.25, 0.3) is 0 Å². The SMILES string of the molecule is COC(=O)/C=C/c1c(F)cc(OC)cc1F. The van der Waals surface area contributed by atoms with E-state index in [1.807, 2.05) is 0 Å². The van der Waals surface area contributed by atoms with E-state index < -0.39 is 17.6 Å². The molecule has 1 aromatic rings. The number of esters is 1. The first kappa shape index (κ1) is 12.2. The van der Waals surface area contributed by atoms with Crippen molar-refractivity contribution in [1.29, 1.82) is 0 Å². The number of hydrogen-bond acceptors (Lipinski definition) is 3. The van der Waals surface area contributed by atoms with Crippen LogP contribution in [0.5, 0.6) is 5.75 Å². The predicted octanol–water partition coefficient (Wildman–Crippen LogP) is 2.16. The zero-order chi connectivity index (χ0) is 12.1. The maximum absolute atomic E-state index is 13.3. The molecule has 0 saturated heterocycles. The zero-order valence-corrected chi connectivity index (χ0v) is 8.79. The van der Waals surface area contributed by atoms with Crippen LogP contribution >= 0.6 is 0 Å². The molecule has 0 aromatic heterocycles. The fourth-order valence-corrected chi connectivity index (χ4v) is 1.06. The Labute approximate surface area is 91.3 Å². The number of benzene rings is 1. The van der Waals surface area contributed by atoms with Gasteiger partial charge >= 0.3 is 5.97 Å². The fraction of sp³-hybridized carbons (Fsp3) is 0.182. The fourth-order valence-electron chi connectivity index (χ4n) is 1.06. The number of ether oxygens (including phenoxy) is 2. The van der Waals surface area contributed by atoms with Crippen LogP contribution in [-0.2, 0) is 9.53 Å². The molecule has 0 fully saturated rings. The third kappa shape index (κ3) is 2.79. The topological polar surface area (TPSA) is 35.5 Å². The molecule has 16 heavy (non-hydrogen) atoms. The van der Waals surface area contributed by atoms with Gasteiger partial charge in [-0.25, -0.2) is 13.6 Å². The molecule has 0 aliphatic carbocycles. The van der Waals surface area contributed by atoms with Gasteiger partial charge in [0.1, 0.15) is 17.4 Å². The lowest BCUT2D eigenvalue weighted by Crippen LogP contribution is -1.96. The third-order valence-corrected chi connectivity index (χ3v) is 1.88. The monoisotopic (exact) mass is 228 g/mol. The molecule has 3 nitrogen and oxygen atoms in total. The second kappa shape index (κ2) is 5.25. The van der Waals surface area contributed by atoms with E-state index in [-0.39, 0.29) is 11.3 Å². The Bertz CT molecular complexity index is 404. The third-order valence-electron chi connectivity index (χ3n) is 1.88. The van der Waals surface area contributed by atoms with Gasteiger partial charge in [0.05, 0.1) is 14.2 Å². The average Bonchev–Trinajstić information content (AvgIpc) is 2.27. The minimum Gasteiger partial charge on any atom is -0.497 e. The molecule has 1 aromatic carbocycles. The largest absolute Gasteiger partial charge is 0.497 e. The molecule has 86 valence electrons. The molecule has 0 radical (unpaired) electrons. The normalized spacial score (nSPS) is 10.5. The minimum absolute atomic E-state index is 0.0743. The Morgan fingerprint density at radius 2 is 1.81 bits per heavy atom. The molecule has 5 heteroatoms. The first-order valence-corrected chi connectivity index (χ1v) is 4.37. The van der Waals surface area contributed by atoms with Crippen molar-refractivity contribution in [1.82, 2.24) is 0 Å². The summed E-state index contributed by atoms with van der Waals surface area (Å²) in [6.45, 7) is 0. The molecule has 1 rings (SSSR count). The van der Waals surface area contributed by atoms with Crippen molar-refractivity contribution in [3.8, 4) is 5.75 Å². The van der Waals surface area contributed by atoms with Crippen LogP contribution in [0.2, 0.25) is 0 Å². The Balaban J connectivity index is 3.05. The van der Waals surface area contributed by atoms with Crippen LogP contribution in [0.15, 0.2) is 18.2 Å². The number of carbonyl (C=O) groups is 1. The van der Waals surface area contributed by atoms with Gasteiger partial charge in [0.2, 0.25) is 0 Å². The van der Waals surface area contributed by atoms with E-state index in [0.717, 1.165) is 24.3 Å². The summed E-state index contributed by atoms with van der Waals surface area (Å²) in [6.07, 6.45) is 1.95. The van der Waals surface area contributed by atoms with Gasteiger partial charge in [-0.3, -0.25) is 0 Å². The lowest BCUT2D eigenvalue weighted by atomic mass is 10.1. The van der Waals surface area contributed by atoms with Crippen LogP contribution in [0.1, 0.15) is 5.56 Å². The second-order valence-corrected chi connectivity index (χ2v) is 2.86. The molecule has 0 spiro atoms. The lowest BCUT2D eigenvalue weighted by molar-refractivity contribution is -0.134. The summed E-state index contributed by atoms with van der Waals surface area (Å²) in [6, 6.07) is 2.06. The van der Waals surface area contributed by atoms with E-state index >= 15 is 0 Å². The van der Waals surface area contributed by atoms with Crippen LogP contribution in [0, 0.1) is 11.6 Å². The van der Waals surface area contributed by atoms with Crippen molar-refractivity contribution in [2.75, 3.05) is 14.2 Å². The quantitative estimate of drug-likeness (QED) is 0.587. The molecule has 0 bridgehead atoms. The van der Waals surface area contributed by atoms with Crippen molar-refractivity contribution < 1.29 is 23.0 Å². The average molecular weight is 228 g/mol. The van der Waals surface area contributed by atoms with Crippen molar-refractivity contribution in [3.63, 3.8) is 0 Å². The highest BCUT2D eigenvalue weighted by molar-refractivity contribution is 5.87. The first-order valence-electron chi connectivity index (χ1n) is 4.37. The van der Waals surface area contributed by atoms with Crippen molar-refractivity contribution in [3.05, 3.63) is 35.4 Å². The lowest BCUT2D eigenvalue weighted by Gasteiger charge is -2.03. The van der Waals surface area contributed by atoms with Crippen molar-refractivity contribution in [2.45, 2.75) is 0 Å². The summed E-state index contributed by atoms with van der Waals surface area (Å²) < 4.78 is 35.6. The molecule has 0 heterocycles. The highest BCUT2D eigenvalue weighted by atomic mass is 19.1. The highest BCUT2D eigenvalue weighted by Crippen LogP contribution is 2.21. The summed E-state index contributed by atoms with van der Waals surface area (Å²) >= 11 is 0. The summed E-state index contributed by atoms with van der Waals surface area (Å²) in [7, 11) is 2.48. The van der Waals surface area contributed by atoms with Crippen LogP contribution in [0.25, 0.3) is 6.08 Å². The Hall–Kier alpha value is -1.91. The van der Waals surface area contributed by atoms with Crippen molar-refractivity contribution in [2.24, 2.45) is 0 Å². The van der Waals surface area contributed by atoms with Gasteiger partial charge in [-0.15, -0.1) is 0 Å². The van der Waals surface area contributed by atoms with Crippen LogP contribution in [0.3, 0.4) is 0 Å². The molecule has 0 aliphatic rings. The van der Waals surface area contributed by atoms with Gasteiger partial charge in [-0.2, -0.15) is 0 Å². The molecule has 0 unspecified atom stereocenters. The standard InChI is InChI=1S/C11H10F2O3/c1-15-7-5-9(12)8(10(13)6-7)3-4-11(14)16-2/h3-6H,1-2H3/b4-3+. The molecule has 0 saturated carbocycles. The second-order valence-electron chi connectivity index (χ2n) is 2.86. The molecule has 0 aliphatic heterocycles. The highest BCUT2D eigenvalue weighted by Gasteiger charge is 2.09. The van der Waals surface area contributed by atoms with Crippen LogP contribution < -0.4 is 4.74 Å². The van der Waals surface area contributed by atoms with Gasteiger partial charge in [-0.1, -0.05) is 0 Å². The number of carbonyl (C=O) groups excluding carboxylic acids is 1. The predicted molar refractivity (Wildman–Crippen MR) is 54.0 cm³/mol. The van der Waals surface area contributed by atoms with Gasteiger partial charge in [0, 0.05) is 23.8 Å². The van der Waals surface area contributed by atoms with E-state index in [4.69, 9.17) is 0 Å². The smallest absolute Gasteiger partial charge is 0.330 e. The molecule has 0 amide bonds. The molecular formula is C11H10F2O3. The maximum Gasteiger partial charge on any atom is 0.330 e. The number of rotatable bonds is 3. The Kier molecular flexibility index (Phi) is 3.99. The number of methoxy groups -OCH3 is 2. The van der Waals surface area contributed by atoms with Crippen LogP contribution in [0.4, 0.5) is 8.78 Å². The van der Waals surface area contributed by atoms with E-state index in [1.165, 1.54) is 14.2 Å². The van der Waals surface area contributed by atoms with Gasteiger partial charge in [-0.05, 0) is 6.08 Å². The zero-order valence-electron chi connectivity index (χ0n) is 8.79. The van der Waals surface area contributed by atoms with E-state index in [2.05, 4.69) is 9.47 Å². The Morgan fingerprint density at radius 1 is 1.25 bits per heavy atom. The van der Waals surface area contributed by atoms with Gasteiger partial charge in [0.15, 0.2) is 0 Å². The summed E-state index contributed by atoms with van der Waals surface area (Å²) in [5.41, 5.74) is -0.314. The molecular weight excluding hydrogens is 218 g/mol. The first-order chi connectivity index (χ1) is 7.58. The maximum atomic E-state index is 13.3. The molecule has 0 atom stereocenters. The van der Waals surface area contributed by atoms with Gasteiger partial charge < -0.3 is 9.47 Å². The van der Waals surface area contributed by atoms with E-state index in [0.29, 0.717) is 0 Å². The van der Waals surface area contributed by atoms with E-state index in [1.54, 1.807) is 0 Å². The summed E-state index contributed by atoms with van der Waals surface area (Å²) in [5, 5.41) is 0.